The minimum Gasteiger partial charge on any atom is -0.480 e. The van der Waals surface area contributed by atoms with Crippen molar-refractivity contribution in [3.8, 4) is 0 Å². The van der Waals surface area contributed by atoms with E-state index in [9.17, 15) is 9.18 Å². The van der Waals surface area contributed by atoms with Crippen LogP contribution in [0, 0.1) is 5.82 Å². The van der Waals surface area contributed by atoms with Gasteiger partial charge in [0.05, 0.1) is 0 Å². The largest absolute Gasteiger partial charge is 0.480 e. The van der Waals surface area contributed by atoms with Gasteiger partial charge in [0.25, 0.3) is 6.01 Å². The molecule has 0 atom stereocenters. The van der Waals surface area contributed by atoms with E-state index in [-0.39, 0.29) is 23.7 Å². The van der Waals surface area contributed by atoms with Crippen LogP contribution in [0.15, 0.2) is 22.6 Å². The number of anilines is 1. The summed E-state index contributed by atoms with van der Waals surface area (Å²) in [6, 6.07) is 4.30. The van der Waals surface area contributed by atoms with E-state index in [4.69, 9.17) is 9.52 Å². The summed E-state index contributed by atoms with van der Waals surface area (Å²) < 4.78 is 18.2. The Morgan fingerprint density at radius 2 is 2.40 bits per heavy atom. The lowest BCUT2D eigenvalue weighted by molar-refractivity contribution is -0.134. The van der Waals surface area contributed by atoms with Crippen molar-refractivity contribution in [1.29, 1.82) is 0 Å². The number of oxazole rings is 1. The summed E-state index contributed by atoms with van der Waals surface area (Å²) in [6.07, 6.45) is 0. The molecule has 6 heteroatoms. The molecular formula is C9H7FN2O3. The molecule has 0 saturated heterocycles. The summed E-state index contributed by atoms with van der Waals surface area (Å²) >= 11 is 0. The quantitative estimate of drug-likeness (QED) is 0.802. The molecule has 0 spiro atoms. The number of hydrogen-bond acceptors (Lipinski definition) is 4. The highest BCUT2D eigenvalue weighted by atomic mass is 19.1. The minimum absolute atomic E-state index is 0.00231. The van der Waals surface area contributed by atoms with Crippen LogP contribution in [0.1, 0.15) is 0 Å². The van der Waals surface area contributed by atoms with Gasteiger partial charge in [-0.3, -0.25) is 4.79 Å². The van der Waals surface area contributed by atoms with Crippen molar-refractivity contribution in [2.24, 2.45) is 0 Å². The molecule has 2 aromatic rings. The maximum atomic E-state index is 13.1. The molecule has 0 aliphatic rings. The van der Waals surface area contributed by atoms with Gasteiger partial charge in [0.1, 0.15) is 12.1 Å². The van der Waals surface area contributed by atoms with Gasteiger partial charge in [0.2, 0.25) is 0 Å². The monoisotopic (exact) mass is 210 g/mol. The molecule has 1 aromatic heterocycles. The highest BCUT2D eigenvalue weighted by Crippen LogP contribution is 2.20. The molecule has 0 aliphatic heterocycles. The van der Waals surface area contributed by atoms with Gasteiger partial charge in [0.15, 0.2) is 11.4 Å². The average Bonchev–Trinajstić information content (AvgIpc) is 2.59. The first-order valence-electron chi connectivity index (χ1n) is 4.17. The fourth-order valence-corrected chi connectivity index (χ4v) is 1.14. The van der Waals surface area contributed by atoms with E-state index in [1.165, 1.54) is 12.1 Å². The van der Waals surface area contributed by atoms with E-state index in [1.807, 2.05) is 0 Å². The zero-order valence-electron chi connectivity index (χ0n) is 7.53. The zero-order valence-corrected chi connectivity index (χ0v) is 7.53. The lowest BCUT2D eigenvalue weighted by Crippen LogP contribution is -2.12. The van der Waals surface area contributed by atoms with Crippen LogP contribution >= 0.6 is 0 Å². The van der Waals surface area contributed by atoms with Gasteiger partial charge in [-0.25, -0.2) is 4.39 Å². The maximum Gasteiger partial charge on any atom is 0.323 e. The predicted octanol–water partition coefficient (Wildman–Crippen LogP) is 1.46. The lowest BCUT2D eigenvalue weighted by atomic mass is 10.3. The lowest BCUT2D eigenvalue weighted by Gasteiger charge is -1.93. The van der Waals surface area contributed by atoms with Crippen molar-refractivity contribution in [1.82, 2.24) is 4.98 Å². The van der Waals surface area contributed by atoms with E-state index >= 15 is 0 Å². The van der Waals surface area contributed by atoms with Gasteiger partial charge in [-0.1, -0.05) is 6.07 Å². The summed E-state index contributed by atoms with van der Waals surface area (Å²) in [5, 5.41) is 10.8. The summed E-state index contributed by atoms with van der Waals surface area (Å²) in [4.78, 5) is 14.0. The Hall–Kier alpha value is -2.11. The Labute approximate surface area is 83.5 Å². The number of benzene rings is 1. The van der Waals surface area contributed by atoms with Crippen LogP contribution in [0.4, 0.5) is 10.4 Å². The van der Waals surface area contributed by atoms with E-state index in [0.29, 0.717) is 0 Å². The van der Waals surface area contributed by atoms with Crippen molar-refractivity contribution in [3.05, 3.63) is 24.0 Å². The van der Waals surface area contributed by atoms with E-state index in [2.05, 4.69) is 10.3 Å². The van der Waals surface area contributed by atoms with Crippen molar-refractivity contribution in [2.45, 2.75) is 0 Å². The highest BCUT2D eigenvalue weighted by molar-refractivity contribution is 5.76. The molecule has 0 saturated carbocycles. The summed E-state index contributed by atoms with van der Waals surface area (Å²) in [5.74, 6) is -1.54. The average molecular weight is 210 g/mol. The summed E-state index contributed by atoms with van der Waals surface area (Å²) in [6.45, 7) is -0.325. The molecule has 2 N–H and O–H groups in total. The molecule has 0 aliphatic carbocycles. The molecule has 78 valence electrons. The van der Waals surface area contributed by atoms with Gasteiger partial charge in [0, 0.05) is 0 Å². The van der Waals surface area contributed by atoms with Crippen LogP contribution in [0.5, 0.6) is 0 Å². The second-order valence-electron chi connectivity index (χ2n) is 2.85. The molecule has 0 unspecified atom stereocenters. The smallest absolute Gasteiger partial charge is 0.323 e. The zero-order chi connectivity index (χ0) is 10.8. The van der Waals surface area contributed by atoms with Crippen LogP contribution in [0.3, 0.4) is 0 Å². The molecule has 1 heterocycles. The number of carboxylic acids is 1. The third-order valence-electron chi connectivity index (χ3n) is 1.76. The Kier molecular flexibility index (Phi) is 2.24. The van der Waals surface area contributed by atoms with Gasteiger partial charge < -0.3 is 14.8 Å². The third kappa shape index (κ3) is 1.88. The molecule has 2 rings (SSSR count). The van der Waals surface area contributed by atoms with E-state index < -0.39 is 11.8 Å². The van der Waals surface area contributed by atoms with Crippen LogP contribution in [-0.2, 0) is 4.79 Å². The number of hydrogen-bond donors (Lipinski definition) is 2. The maximum absolute atomic E-state index is 13.1. The number of carboxylic acid groups (broad SMARTS) is 1. The number of para-hydroxylation sites is 1. The SMILES string of the molecule is O=C(O)CNc1nc2c(F)cccc2o1. The number of fused-ring (bicyclic) bond motifs is 1. The number of nitrogens with zero attached hydrogens (tertiary/aromatic N) is 1. The first-order chi connectivity index (χ1) is 7.16. The molecule has 5 nitrogen and oxygen atoms in total. The Morgan fingerprint density at radius 1 is 1.60 bits per heavy atom. The first-order valence-corrected chi connectivity index (χ1v) is 4.17. The van der Waals surface area contributed by atoms with Crippen LogP contribution in [-0.4, -0.2) is 22.6 Å². The molecule has 0 bridgehead atoms. The first kappa shape index (κ1) is 9.45. The molecule has 0 amide bonds. The second kappa shape index (κ2) is 3.56. The van der Waals surface area contributed by atoms with Gasteiger partial charge >= 0.3 is 5.97 Å². The van der Waals surface area contributed by atoms with Crippen molar-refractivity contribution < 1.29 is 18.7 Å². The summed E-state index contributed by atoms with van der Waals surface area (Å²) in [5.41, 5.74) is 0.369. The minimum atomic E-state index is -1.04. The molecule has 0 radical (unpaired) electrons. The standard InChI is InChI=1S/C9H7FN2O3/c10-5-2-1-3-6-8(5)12-9(15-6)11-4-7(13)14/h1-3H,4H2,(H,11,12)(H,13,14). The second-order valence-corrected chi connectivity index (χ2v) is 2.85. The number of carbonyl (C=O) groups is 1. The van der Waals surface area contributed by atoms with Crippen LogP contribution in [0.25, 0.3) is 11.1 Å². The van der Waals surface area contributed by atoms with Crippen molar-refractivity contribution in [2.75, 3.05) is 11.9 Å². The predicted molar refractivity (Wildman–Crippen MR) is 50.1 cm³/mol. The Balaban J connectivity index is 2.31. The Bertz CT molecular complexity index is 509. The van der Waals surface area contributed by atoms with Gasteiger partial charge in [-0.2, -0.15) is 4.98 Å². The van der Waals surface area contributed by atoms with E-state index in [0.717, 1.165) is 0 Å². The Morgan fingerprint density at radius 3 is 3.07 bits per heavy atom. The van der Waals surface area contributed by atoms with Crippen LogP contribution < -0.4 is 5.32 Å². The molecule has 0 fully saturated rings. The number of aliphatic carboxylic acids is 1. The van der Waals surface area contributed by atoms with Gasteiger partial charge in [-0.05, 0) is 12.1 Å². The van der Waals surface area contributed by atoms with Crippen molar-refractivity contribution >= 4 is 23.1 Å². The van der Waals surface area contributed by atoms with Crippen LogP contribution in [0.2, 0.25) is 0 Å². The van der Waals surface area contributed by atoms with Gasteiger partial charge in [-0.15, -0.1) is 0 Å². The topological polar surface area (TPSA) is 75.4 Å². The number of aromatic nitrogens is 1. The van der Waals surface area contributed by atoms with E-state index in [1.54, 1.807) is 6.07 Å². The number of halogens is 1. The highest BCUT2D eigenvalue weighted by Gasteiger charge is 2.09. The normalized spacial score (nSPS) is 10.5. The fourth-order valence-electron chi connectivity index (χ4n) is 1.14. The third-order valence-corrected chi connectivity index (χ3v) is 1.76. The van der Waals surface area contributed by atoms with Crippen molar-refractivity contribution in [3.63, 3.8) is 0 Å². The number of rotatable bonds is 3. The number of nitrogens with one attached hydrogen (secondary N) is 1. The molecule has 1 aromatic carbocycles. The molecule has 15 heavy (non-hydrogen) atoms. The fraction of sp³-hybridized carbons (Fsp3) is 0.111. The molecular weight excluding hydrogens is 203 g/mol. The summed E-state index contributed by atoms with van der Waals surface area (Å²) in [7, 11) is 0.